The molecule has 2 aliphatic rings. The molecule has 3 heterocycles. The molecule has 1 aromatic heterocycles. The predicted molar refractivity (Wildman–Crippen MR) is 88.3 cm³/mol. The van der Waals surface area contributed by atoms with Crippen LogP contribution in [-0.4, -0.2) is 42.4 Å². The molecule has 1 amide bonds. The molecule has 1 spiro atoms. The maximum absolute atomic E-state index is 12.7. The normalized spacial score (nSPS) is 22.4. The number of likely N-dealkylation sites (tertiary alicyclic amines) is 1. The van der Waals surface area contributed by atoms with E-state index >= 15 is 0 Å². The highest BCUT2D eigenvalue weighted by Crippen LogP contribution is 2.35. The van der Waals surface area contributed by atoms with Crippen molar-refractivity contribution in [2.45, 2.75) is 31.6 Å². The van der Waals surface area contributed by atoms with Crippen molar-refractivity contribution >= 4 is 5.91 Å². The molecule has 1 atom stereocenters. The fourth-order valence-electron chi connectivity index (χ4n) is 3.56. The number of hydrogen-bond donors (Lipinski definition) is 0. The third-order valence-electron chi connectivity index (χ3n) is 4.73. The largest absolute Gasteiger partial charge is 0.461 e. The molecule has 1 aromatic carbocycles. The summed E-state index contributed by atoms with van der Waals surface area (Å²) in [6.07, 6.45) is 0.986. The van der Waals surface area contributed by atoms with Crippen LogP contribution >= 0.6 is 0 Å². The zero-order valence-electron chi connectivity index (χ0n) is 13.7. The highest BCUT2D eigenvalue weighted by atomic mass is 16.7. The molecule has 126 valence electrons. The van der Waals surface area contributed by atoms with Crippen molar-refractivity contribution in [3.8, 4) is 11.3 Å². The van der Waals surface area contributed by atoms with Crippen molar-refractivity contribution in [2.24, 2.45) is 0 Å². The van der Waals surface area contributed by atoms with Crippen molar-refractivity contribution < 1.29 is 18.7 Å². The average Bonchev–Trinajstić information content (AvgIpc) is 3.30. The number of furan rings is 1. The molecule has 2 fully saturated rings. The number of carbonyl (C=O) groups excluding carboxylic acids is 1. The topological polar surface area (TPSA) is 51.9 Å². The summed E-state index contributed by atoms with van der Waals surface area (Å²) in [4.78, 5) is 14.5. The molecule has 2 aromatic rings. The van der Waals surface area contributed by atoms with Crippen molar-refractivity contribution in [3.63, 3.8) is 0 Å². The highest BCUT2D eigenvalue weighted by Gasteiger charge is 2.48. The second-order valence-corrected chi connectivity index (χ2v) is 6.49. The third-order valence-corrected chi connectivity index (χ3v) is 4.73. The second kappa shape index (κ2) is 6.07. The summed E-state index contributed by atoms with van der Waals surface area (Å²) < 4.78 is 17.3. The summed E-state index contributed by atoms with van der Waals surface area (Å²) >= 11 is 0. The van der Waals surface area contributed by atoms with Gasteiger partial charge in [0.2, 0.25) is 5.91 Å². The molecule has 0 radical (unpaired) electrons. The molecule has 2 saturated heterocycles. The van der Waals surface area contributed by atoms with E-state index in [-0.39, 0.29) is 18.4 Å². The number of amides is 1. The molecule has 2 aliphatic heterocycles. The van der Waals surface area contributed by atoms with Gasteiger partial charge in [-0.2, -0.15) is 0 Å². The highest BCUT2D eigenvalue weighted by molar-refractivity contribution is 5.79. The van der Waals surface area contributed by atoms with E-state index in [1.165, 1.54) is 0 Å². The molecule has 1 unspecified atom stereocenters. The lowest BCUT2D eigenvalue weighted by Crippen LogP contribution is -2.38. The van der Waals surface area contributed by atoms with Crippen LogP contribution in [0.4, 0.5) is 0 Å². The van der Waals surface area contributed by atoms with Crippen LogP contribution in [0.25, 0.3) is 11.3 Å². The molecule has 0 aliphatic carbocycles. The van der Waals surface area contributed by atoms with E-state index in [2.05, 4.69) is 0 Å². The van der Waals surface area contributed by atoms with Crippen LogP contribution in [0.1, 0.15) is 19.1 Å². The lowest BCUT2D eigenvalue weighted by molar-refractivity contribution is -0.152. The van der Waals surface area contributed by atoms with Crippen molar-refractivity contribution in [1.82, 2.24) is 4.90 Å². The van der Waals surface area contributed by atoms with Gasteiger partial charge in [0.15, 0.2) is 5.79 Å². The average molecular weight is 327 g/mol. The Balaban J connectivity index is 1.44. The fraction of sp³-hybridized carbons (Fsp3) is 0.421. The zero-order chi connectivity index (χ0) is 16.6. The number of benzene rings is 1. The first-order chi connectivity index (χ1) is 11.7. The number of hydrogen-bond acceptors (Lipinski definition) is 4. The Bertz CT molecular complexity index is 718. The van der Waals surface area contributed by atoms with Gasteiger partial charge in [-0.05, 0) is 19.1 Å². The first-order valence-electron chi connectivity index (χ1n) is 8.37. The molecular formula is C19H21NO4. The van der Waals surface area contributed by atoms with Gasteiger partial charge in [-0.15, -0.1) is 0 Å². The lowest BCUT2D eigenvalue weighted by atomic mass is 10.2. The van der Waals surface area contributed by atoms with E-state index in [4.69, 9.17) is 13.9 Å². The van der Waals surface area contributed by atoms with Gasteiger partial charge in [0.05, 0.1) is 26.2 Å². The molecule has 5 heteroatoms. The first-order valence-corrected chi connectivity index (χ1v) is 8.37. The molecule has 4 rings (SSSR count). The maximum Gasteiger partial charge on any atom is 0.230 e. The molecule has 5 nitrogen and oxygen atoms in total. The number of nitrogens with zero attached hydrogens (tertiary/aromatic N) is 1. The smallest absolute Gasteiger partial charge is 0.230 e. The predicted octanol–water partition coefficient (Wildman–Crippen LogP) is 2.85. The van der Waals surface area contributed by atoms with E-state index in [0.29, 0.717) is 25.5 Å². The summed E-state index contributed by atoms with van der Waals surface area (Å²) in [5, 5.41) is 0. The Kier molecular flexibility index (Phi) is 3.90. The van der Waals surface area contributed by atoms with Crippen LogP contribution in [0.2, 0.25) is 0 Å². The van der Waals surface area contributed by atoms with Crippen molar-refractivity contribution in [3.05, 3.63) is 48.2 Å². The molecule has 24 heavy (non-hydrogen) atoms. The van der Waals surface area contributed by atoms with Crippen LogP contribution in [0.5, 0.6) is 0 Å². The Morgan fingerprint density at radius 2 is 1.92 bits per heavy atom. The molecule has 0 bridgehead atoms. The second-order valence-electron chi connectivity index (χ2n) is 6.49. The van der Waals surface area contributed by atoms with Gasteiger partial charge in [0, 0.05) is 18.0 Å². The Labute approximate surface area is 141 Å². The summed E-state index contributed by atoms with van der Waals surface area (Å²) in [5.41, 5.74) is 1.01. The Hall–Kier alpha value is -2.11. The minimum Gasteiger partial charge on any atom is -0.461 e. The van der Waals surface area contributed by atoms with Gasteiger partial charge >= 0.3 is 0 Å². The maximum atomic E-state index is 12.7. The summed E-state index contributed by atoms with van der Waals surface area (Å²) in [6.45, 7) is 3.75. The first kappa shape index (κ1) is 15.4. The molecular weight excluding hydrogens is 306 g/mol. The van der Waals surface area contributed by atoms with E-state index in [1.54, 1.807) is 0 Å². The van der Waals surface area contributed by atoms with Crippen LogP contribution in [-0.2, 0) is 20.7 Å². The van der Waals surface area contributed by atoms with E-state index < -0.39 is 5.79 Å². The van der Waals surface area contributed by atoms with Gasteiger partial charge in [0.1, 0.15) is 11.5 Å². The molecule has 0 saturated carbocycles. The van der Waals surface area contributed by atoms with Gasteiger partial charge in [0.25, 0.3) is 0 Å². The lowest BCUT2D eigenvalue weighted by Gasteiger charge is -2.22. The van der Waals surface area contributed by atoms with Gasteiger partial charge in [-0.3, -0.25) is 4.79 Å². The van der Waals surface area contributed by atoms with Gasteiger partial charge in [-0.1, -0.05) is 30.3 Å². The van der Waals surface area contributed by atoms with Crippen LogP contribution in [0, 0.1) is 0 Å². The summed E-state index contributed by atoms with van der Waals surface area (Å²) in [6, 6.07) is 13.8. The van der Waals surface area contributed by atoms with E-state index in [9.17, 15) is 4.79 Å². The van der Waals surface area contributed by atoms with Crippen molar-refractivity contribution in [1.29, 1.82) is 0 Å². The van der Waals surface area contributed by atoms with E-state index in [1.807, 2.05) is 54.3 Å². The SMILES string of the molecule is CC1CC2(CN1C(=O)Cc1ccc(-c3ccccc3)o1)OCCO2. The monoisotopic (exact) mass is 327 g/mol. The standard InChI is InChI=1S/C19H21NO4/c1-14-12-19(22-9-10-23-19)13-20(14)18(21)11-16-7-8-17(24-16)15-5-3-2-4-6-15/h2-8,14H,9-13H2,1H3. The van der Waals surface area contributed by atoms with Crippen molar-refractivity contribution in [2.75, 3.05) is 19.8 Å². The van der Waals surface area contributed by atoms with Crippen LogP contribution in [0.15, 0.2) is 46.9 Å². The summed E-state index contributed by atoms with van der Waals surface area (Å²) in [5.74, 6) is 0.924. The number of ether oxygens (including phenoxy) is 2. The van der Waals surface area contributed by atoms with Gasteiger partial charge in [-0.25, -0.2) is 0 Å². The fourth-order valence-corrected chi connectivity index (χ4v) is 3.56. The summed E-state index contributed by atoms with van der Waals surface area (Å²) in [7, 11) is 0. The number of carbonyl (C=O) groups is 1. The third kappa shape index (κ3) is 2.85. The van der Waals surface area contributed by atoms with Gasteiger partial charge < -0.3 is 18.8 Å². The zero-order valence-corrected chi connectivity index (χ0v) is 13.7. The Morgan fingerprint density at radius 3 is 2.67 bits per heavy atom. The quantitative estimate of drug-likeness (QED) is 0.870. The van der Waals surface area contributed by atoms with Crippen LogP contribution < -0.4 is 0 Å². The molecule has 0 N–H and O–H groups in total. The minimum atomic E-state index is -0.590. The Morgan fingerprint density at radius 1 is 1.17 bits per heavy atom. The number of rotatable bonds is 3. The minimum absolute atomic E-state index is 0.0486. The van der Waals surface area contributed by atoms with Crippen LogP contribution in [0.3, 0.4) is 0 Å². The van der Waals surface area contributed by atoms with E-state index in [0.717, 1.165) is 17.7 Å².